The Bertz CT molecular complexity index is 381. The van der Waals surface area contributed by atoms with Gasteiger partial charge in [0.1, 0.15) is 5.82 Å². The Kier molecular flexibility index (Phi) is 6.30. The molecule has 0 aliphatic carbocycles. The zero-order chi connectivity index (χ0) is 13.6. The van der Waals surface area contributed by atoms with Gasteiger partial charge in [0.15, 0.2) is 0 Å². The Labute approximate surface area is 118 Å². The Morgan fingerprint density at radius 3 is 2.61 bits per heavy atom. The van der Waals surface area contributed by atoms with Gasteiger partial charge in [-0.25, -0.2) is 4.39 Å². The van der Waals surface area contributed by atoms with Crippen LogP contribution >= 0.6 is 15.9 Å². The standard InChI is InChI=1S/C15H23BrFN/c1-4-8-18-11-15(3,5-2)10-12-6-7-13(16)9-14(12)17/h6-7,9,18H,4-5,8,10-11H2,1-3H3. The van der Waals surface area contributed by atoms with E-state index in [4.69, 9.17) is 0 Å². The maximum atomic E-state index is 13.9. The highest BCUT2D eigenvalue weighted by molar-refractivity contribution is 9.10. The molecule has 102 valence electrons. The highest BCUT2D eigenvalue weighted by atomic mass is 79.9. The molecule has 0 bridgehead atoms. The molecular weight excluding hydrogens is 293 g/mol. The normalized spacial score (nSPS) is 14.5. The largest absolute Gasteiger partial charge is 0.316 e. The number of hydrogen-bond donors (Lipinski definition) is 1. The minimum Gasteiger partial charge on any atom is -0.316 e. The molecule has 18 heavy (non-hydrogen) atoms. The van der Waals surface area contributed by atoms with Crippen molar-refractivity contribution < 1.29 is 4.39 Å². The van der Waals surface area contributed by atoms with Crippen LogP contribution in [0.1, 0.15) is 39.2 Å². The van der Waals surface area contributed by atoms with Crippen LogP contribution in [-0.2, 0) is 6.42 Å². The molecule has 1 atom stereocenters. The van der Waals surface area contributed by atoms with Gasteiger partial charge in [-0.1, -0.05) is 42.8 Å². The first-order valence-electron chi connectivity index (χ1n) is 6.65. The van der Waals surface area contributed by atoms with Crippen molar-refractivity contribution in [1.29, 1.82) is 0 Å². The molecule has 0 aromatic heterocycles. The molecule has 0 fully saturated rings. The van der Waals surface area contributed by atoms with E-state index in [0.29, 0.717) is 0 Å². The van der Waals surface area contributed by atoms with Gasteiger partial charge in [0.2, 0.25) is 0 Å². The monoisotopic (exact) mass is 315 g/mol. The molecule has 1 aromatic rings. The van der Waals surface area contributed by atoms with Crippen LogP contribution in [0, 0.1) is 11.2 Å². The fourth-order valence-corrected chi connectivity index (χ4v) is 2.34. The van der Waals surface area contributed by atoms with Crippen LogP contribution in [-0.4, -0.2) is 13.1 Å². The summed E-state index contributed by atoms with van der Waals surface area (Å²) in [6, 6.07) is 5.34. The molecule has 1 rings (SSSR count). The van der Waals surface area contributed by atoms with E-state index in [1.165, 1.54) is 0 Å². The molecule has 1 nitrogen and oxygen atoms in total. The molecule has 0 spiro atoms. The first-order valence-corrected chi connectivity index (χ1v) is 7.44. The first-order chi connectivity index (χ1) is 8.50. The summed E-state index contributed by atoms with van der Waals surface area (Å²) in [6.45, 7) is 8.51. The summed E-state index contributed by atoms with van der Waals surface area (Å²) >= 11 is 3.29. The third kappa shape index (κ3) is 4.69. The highest BCUT2D eigenvalue weighted by Crippen LogP contribution is 2.28. The van der Waals surface area contributed by atoms with Crippen molar-refractivity contribution in [1.82, 2.24) is 5.32 Å². The molecule has 0 aliphatic rings. The highest BCUT2D eigenvalue weighted by Gasteiger charge is 2.23. The lowest BCUT2D eigenvalue weighted by molar-refractivity contribution is 0.287. The van der Waals surface area contributed by atoms with Crippen molar-refractivity contribution in [3.8, 4) is 0 Å². The van der Waals surface area contributed by atoms with Crippen molar-refractivity contribution in [2.24, 2.45) is 5.41 Å². The van der Waals surface area contributed by atoms with E-state index in [9.17, 15) is 4.39 Å². The van der Waals surface area contributed by atoms with Gasteiger partial charge in [0.05, 0.1) is 0 Å². The average Bonchev–Trinajstić information content (AvgIpc) is 2.33. The van der Waals surface area contributed by atoms with Crippen LogP contribution < -0.4 is 5.32 Å². The lowest BCUT2D eigenvalue weighted by Crippen LogP contribution is -2.33. The van der Waals surface area contributed by atoms with E-state index in [2.05, 4.69) is 42.0 Å². The van der Waals surface area contributed by atoms with Crippen LogP contribution in [0.3, 0.4) is 0 Å². The van der Waals surface area contributed by atoms with Crippen molar-refractivity contribution in [3.05, 3.63) is 34.1 Å². The smallest absolute Gasteiger partial charge is 0.127 e. The minimum absolute atomic E-state index is 0.112. The van der Waals surface area contributed by atoms with Crippen molar-refractivity contribution in [2.45, 2.75) is 40.0 Å². The van der Waals surface area contributed by atoms with Gasteiger partial charge >= 0.3 is 0 Å². The topological polar surface area (TPSA) is 12.0 Å². The zero-order valence-corrected chi connectivity index (χ0v) is 13.1. The molecule has 1 N–H and O–H groups in total. The van der Waals surface area contributed by atoms with Crippen LogP contribution in [0.15, 0.2) is 22.7 Å². The quantitative estimate of drug-likeness (QED) is 0.728. The Morgan fingerprint density at radius 1 is 1.33 bits per heavy atom. The zero-order valence-electron chi connectivity index (χ0n) is 11.5. The van der Waals surface area contributed by atoms with Gasteiger partial charge in [0.25, 0.3) is 0 Å². The number of nitrogens with one attached hydrogen (secondary N) is 1. The summed E-state index contributed by atoms with van der Waals surface area (Å²) in [5, 5.41) is 3.45. The Hall–Kier alpha value is -0.410. The third-order valence-electron chi connectivity index (χ3n) is 3.46. The van der Waals surface area contributed by atoms with Crippen molar-refractivity contribution in [3.63, 3.8) is 0 Å². The second kappa shape index (κ2) is 7.25. The molecule has 0 heterocycles. The van der Waals surface area contributed by atoms with E-state index < -0.39 is 0 Å². The minimum atomic E-state index is -0.112. The summed E-state index contributed by atoms with van der Waals surface area (Å²) in [5.41, 5.74) is 0.921. The van der Waals surface area contributed by atoms with E-state index in [1.54, 1.807) is 6.07 Å². The predicted molar refractivity (Wildman–Crippen MR) is 79.4 cm³/mol. The number of rotatable bonds is 7. The second-order valence-electron chi connectivity index (χ2n) is 5.25. The predicted octanol–water partition coefficient (Wildman–Crippen LogP) is 4.55. The lowest BCUT2D eigenvalue weighted by atomic mass is 9.81. The van der Waals surface area contributed by atoms with E-state index >= 15 is 0 Å². The van der Waals surface area contributed by atoms with Gasteiger partial charge in [0, 0.05) is 11.0 Å². The van der Waals surface area contributed by atoms with E-state index in [0.717, 1.165) is 42.4 Å². The van der Waals surface area contributed by atoms with Crippen molar-refractivity contribution >= 4 is 15.9 Å². The van der Waals surface area contributed by atoms with Gasteiger partial charge < -0.3 is 5.32 Å². The van der Waals surface area contributed by atoms with Crippen LogP contribution in [0.2, 0.25) is 0 Å². The van der Waals surface area contributed by atoms with Crippen LogP contribution in [0.4, 0.5) is 4.39 Å². The summed E-state index contributed by atoms with van der Waals surface area (Å²) in [6.07, 6.45) is 2.95. The second-order valence-corrected chi connectivity index (χ2v) is 6.17. The summed E-state index contributed by atoms with van der Waals surface area (Å²) in [5.74, 6) is -0.112. The molecule has 1 aromatic carbocycles. The molecule has 0 radical (unpaired) electrons. The molecule has 3 heteroatoms. The first kappa shape index (κ1) is 15.6. The van der Waals surface area contributed by atoms with Gasteiger partial charge in [-0.2, -0.15) is 0 Å². The lowest BCUT2D eigenvalue weighted by Gasteiger charge is -2.29. The number of halogens is 2. The Morgan fingerprint density at radius 2 is 2.06 bits per heavy atom. The molecule has 0 amide bonds. The van der Waals surface area contributed by atoms with Crippen LogP contribution in [0.5, 0.6) is 0 Å². The summed E-state index contributed by atoms with van der Waals surface area (Å²) < 4.78 is 14.7. The number of hydrogen-bond acceptors (Lipinski definition) is 1. The van der Waals surface area contributed by atoms with Gasteiger partial charge in [-0.3, -0.25) is 0 Å². The molecule has 0 saturated carbocycles. The SMILES string of the molecule is CCCNCC(C)(CC)Cc1ccc(Br)cc1F. The van der Waals surface area contributed by atoms with Gasteiger partial charge in [-0.15, -0.1) is 0 Å². The maximum Gasteiger partial charge on any atom is 0.127 e. The van der Waals surface area contributed by atoms with Crippen LogP contribution in [0.25, 0.3) is 0 Å². The Balaban J connectivity index is 2.71. The third-order valence-corrected chi connectivity index (χ3v) is 3.96. The maximum absolute atomic E-state index is 13.9. The summed E-state index contributed by atoms with van der Waals surface area (Å²) in [4.78, 5) is 0. The van der Waals surface area contributed by atoms with Crippen molar-refractivity contribution in [2.75, 3.05) is 13.1 Å². The molecule has 0 saturated heterocycles. The van der Waals surface area contributed by atoms with E-state index in [1.807, 2.05) is 12.1 Å². The van der Waals surface area contributed by atoms with E-state index in [-0.39, 0.29) is 11.2 Å². The average molecular weight is 316 g/mol. The fourth-order valence-electron chi connectivity index (χ4n) is 2.00. The molecule has 0 aliphatic heterocycles. The fraction of sp³-hybridized carbons (Fsp3) is 0.600. The number of benzene rings is 1. The molecular formula is C15H23BrFN. The van der Waals surface area contributed by atoms with Gasteiger partial charge in [-0.05, 0) is 48.9 Å². The molecule has 1 unspecified atom stereocenters. The summed E-state index contributed by atoms with van der Waals surface area (Å²) in [7, 11) is 0.